The van der Waals surface area contributed by atoms with Crippen molar-refractivity contribution in [3.8, 4) is 0 Å². The van der Waals surface area contributed by atoms with Gasteiger partial charge in [-0.05, 0) is 443 Å². The Balaban J connectivity index is 0.000000125. The summed E-state index contributed by atoms with van der Waals surface area (Å²) in [5, 5.41) is 81.8. The van der Waals surface area contributed by atoms with Gasteiger partial charge in [0.15, 0.2) is 0 Å². The number of fused-ring (bicyclic) bond motifs is 20. The summed E-state index contributed by atoms with van der Waals surface area (Å²) in [4.78, 5) is 0. The molecule has 0 heterocycles. The Bertz CT molecular complexity index is 3030. The van der Waals surface area contributed by atoms with Crippen molar-refractivity contribution in [2.75, 3.05) is 0 Å². The van der Waals surface area contributed by atoms with Gasteiger partial charge >= 0.3 is 0 Å². The van der Waals surface area contributed by atoms with Gasteiger partial charge in [0.25, 0.3) is 0 Å². The lowest BCUT2D eigenvalue weighted by Crippen LogP contribution is -2.50. The topological polar surface area (TPSA) is 162 Å². The average Bonchev–Trinajstić information content (AvgIpc) is 1.52. The fraction of sp³-hybridized carbons (Fsp3) is 0.918. The first kappa shape index (κ1) is 82.6. The van der Waals surface area contributed by atoms with Crippen LogP contribution in [0.5, 0.6) is 0 Å². The van der Waals surface area contributed by atoms with Crippen LogP contribution < -0.4 is 0 Å². The van der Waals surface area contributed by atoms with Crippen LogP contribution >= 0.6 is 0 Å². The Hall–Kier alpha value is -1.36. The van der Waals surface area contributed by atoms with E-state index in [1.54, 1.807) is 22.3 Å². The molecule has 16 unspecified atom stereocenters. The quantitative estimate of drug-likeness (QED) is 0.0709. The molecule has 0 aromatic heterocycles. The Morgan fingerprint density at radius 2 is 0.670 bits per heavy atom. The highest BCUT2D eigenvalue weighted by Crippen LogP contribution is 2.70. The van der Waals surface area contributed by atoms with E-state index in [-0.39, 0.29) is 35.9 Å². The lowest BCUT2D eigenvalue weighted by Gasteiger charge is -2.55. The first-order valence-corrected chi connectivity index (χ1v) is 46.5. The molecule has 16 aliphatic carbocycles. The van der Waals surface area contributed by atoms with Crippen molar-refractivity contribution >= 4 is 0 Å². The molecule has 0 spiro atoms. The van der Waals surface area contributed by atoms with Crippen LogP contribution in [0.4, 0.5) is 0 Å². The molecular formula is C98H164O8. The summed E-state index contributed by atoms with van der Waals surface area (Å²) in [6.45, 7) is 31.8. The molecule has 16 aliphatic rings. The SMILES string of the molecule is CC(C)(O)CCC(C)(O)[C@H]1CCC2C3CC=C4C[C@@H](O)CC[C@@H]4C3CC[C@@]21C.CC(O)CCC(C)[C@H]1CCC2C3CC=C4C[C@@H](O)CC[C@@H]4C3CC[C@@]21C.CCCCC(C)[C@H]1CCC2C3CC=C4C[C@@H](O)CC[C@@H]4C3CC[C@@]21C.C[C@H](CCC(C)(C)O)[C@H]1CCC2C3CC=C4C[C@@H](O)CC[C@@H]4C3CC[C@@]21C. The fourth-order valence-corrected chi connectivity index (χ4v) is 31.9. The molecule has 0 aromatic carbocycles. The fourth-order valence-electron chi connectivity index (χ4n) is 31.9. The van der Waals surface area contributed by atoms with E-state index in [0.29, 0.717) is 40.9 Å². The smallest absolute Gasteiger partial charge is 0.0654 e. The second kappa shape index (κ2) is 33.1. The highest BCUT2D eigenvalue weighted by atomic mass is 16.3. The molecule has 604 valence electrons. The second-order valence-electron chi connectivity index (χ2n) is 44.3. The molecule has 8 N–H and O–H groups in total. The highest BCUT2D eigenvalue weighted by Gasteiger charge is 2.63. The molecule has 0 saturated heterocycles. The zero-order valence-corrected chi connectivity index (χ0v) is 70.5. The van der Waals surface area contributed by atoms with Gasteiger partial charge in [0.05, 0.1) is 47.3 Å². The zero-order chi connectivity index (χ0) is 75.8. The number of aliphatic hydroxyl groups is 8. The van der Waals surface area contributed by atoms with Gasteiger partial charge in [-0.3, -0.25) is 0 Å². The van der Waals surface area contributed by atoms with Crippen molar-refractivity contribution in [3.63, 3.8) is 0 Å². The van der Waals surface area contributed by atoms with Crippen LogP contribution in [0, 0.1) is 158 Å². The molecule has 16 rings (SSSR count). The molecule has 0 amide bonds. The lowest BCUT2D eigenvalue weighted by atomic mass is 9.50. The van der Waals surface area contributed by atoms with E-state index in [0.717, 1.165) is 201 Å². The van der Waals surface area contributed by atoms with Gasteiger partial charge < -0.3 is 40.9 Å². The third kappa shape index (κ3) is 16.9. The van der Waals surface area contributed by atoms with Crippen LogP contribution in [0.2, 0.25) is 0 Å². The van der Waals surface area contributed by atoms with Crippen molar-refractivity contribution in [1.29, 1.82) is 0 Å². The maximum atomic E-state index is 11.4. The summed E-state index contributed by atoms with van der Waals surface area (Å²) < 4.78 is 0. The first-order chi connectivity index (χ1) is 50.1. The number of unbranched alkanes of at least 4 members (excludes halogenated alkanes) is 1. The van der Waals surface area contributed by atoms with Gasteiger partial charge in [0, 0.05) is 0 Å². The third-order valence-corrected chi connectivity index (χ3v) is 37.2. The summed E-state index contributed by atoms with van der Waals surface area (Å²) in [5.41, 5.74) is 6.35. The Morgan fingerprint density at radius 3 is 1.00 bits per heavy atom. The van der Waals surface area contributed by atoms with E-state index in [2.05, 4.69) is 79.7 Å². The van der Waals surface area contributed by atoms with Gasteiger partial charge in [-0.25, -0.2) is 0 Å². The highest BCUT2D eigenvalue weighted by molar-refractivity contribution is 5.25. The summed E-state index contributed by atoms with van der Waals surface area (Å²) in [6, 6.07) is 0. The molecule has 12 saturated carbocycles. The summed E-state index contributed by atoms with van der Waals surface area (Å²) in [7, 11) is 0. The van der Waals surface area contributed by atoms with Gasteiger partial charge in [-0.1, -0.05) is 121 Å². The lowest BCUT2D eigenvalue weighted by molar-refractivity contribution is -0.102. The van der Waals surface area contributed by atoms with Crippen LogP contribution in [0.1, 0.15) is 360 Å². The Kier molecular flexibility index (Phi) is 25.8. The van der Waals surface area contributed by atoms with Gasteiger partial charge in [0.1, 0.15) is 0 Å². The largest absolute Gasteiger partial charge is 0.393 e. The number of aliphatic hydroxyl groups excluding tert-OH is 5. The van der Waals surface area contributed by atoms with Crippen LogP contribution in [0.3, 0.4) is 0 Å². The average molecular weight is 1470 g/mol. The Morgan fingerprint density at radius 1 is 0.358 bits per heavy atom. The predicted molar refractivity (Wildman–Crippen MR) is 436 cm³/mol. The zero-order valence-electron chi connectivity index (χ0n) is 70.5. The van der Waals surface area contributed by atoms with Gasteiger partial charge in [0.2, 0.25) is 0 Å². The number of rotatable bonds is 16. The van der Waals surface area contributed by atoms with Gasteiger partial charge in [-0.15, -0.1) is 0 Å². The molecule has 8 heteroatoms. The number of allylic oxidation sites excluding steroid dienone is 4. The van der Waals surface area contributed by atoms with Crippen molar-refractivity contribution in [3.05, 3.63) is 46.6 Å². The molecule has 106 heavy (non-hydrogen) atoms. The standard InChI is InChI=1S/C25H42O3.C25H42O2.C24H40O2.C24H40O/c1-23(2,27)13-14-25(4,28)22-10-9-21-20-7-5-16-15-17(26)6-8-18(16)19(20)11-12-24(21,22)3;1-16(11-13-24(2,3)27)22-9-10-23-21-7-5-17-15-18(26)6-8-19(17)20(21)12-14-25(22,23)4;1-15(4-5-16(2)25)22-10-11-23-21-8-6-17-14-18(26)7-9-19(17)20(21)12-13-24(22,23)3;1-4-5-6-16(2)22-11-12-23-21-9-7-17-15-18(25)8-10-19(17)20(21)13-14-24(22,23)3/h5,17-22,26-28H,6-15H2,1-4H3;5,16,18-23,26-27H,6-15H2,1-4H3;6,15-16,18-23,25-26H,4-5,7-14H2,1-3H3;7,16,18-23,25H,4-6,8-15H2,1-3H3/t17-,18-,19?,20?,21?,22-,24-,25?;16-,18+,19+,20?,21?,22-,23?,25-;15?,16?,18-,19-,20?,21?,22+,23?,24+;16?,18-,19-,20?,21?,22+,23?,24+/m0100/s1. The third-order valence-electron chi connectivity index (χ3n) is 37.2. The van der Waals surface area contributed by atoms with Crippen molar-refractivity contribution in [2.24, 2.45) is 158 Å². The molecule has 0 aliphatic heterocycles. The van der Waals surface area contributed by atoms with Crippen molar-refractivity contribution < 1.29 is 40.9 Å². The van der Waals surface area contributed by atoms with E-state index < -0.39 is 16.8 Å². The Labute approximate surface area is 649 Å². The van der Waals surface area contributed by atoms with E-state index in [1.165, 1.54) is 173 Å². The van der Waals surface area contributed by atoms with Crippen LogP contribution in [-0.4, -0.2) is 88.2 Å². The summed E-state index contributed by atoms with van der Waals surface area (Å²) >= 11 is 0. The molecule has 12 fully saturated rings. The molecular weight excluding hydrogens is 1310 g/mol. The van der Waals surface area contributed by atoms with Crippen molar-refractivity contribution in [1.82, 2.24) is 0 Å². The number of hydrogen-bond donors (Lipinski definition) is 8. The van der Waals surface area contributed by atoms with Crippen LogP contribution in [-0.2, 0) is 0 Å². The second-order valence-corrected chi connectivity index (χ2v) is 44.3. The molecule has 0 radical (unpaired) electrons. The minimum Gasteiger partial charge on any atom is -0.393 e. The minimum absolute atomic E-state index is 0.0526. The minimum atomic E-state index is -0.712. The van der Waals surface area contributed by atoms with E-state index >= 15 is 0 Å². The monoisotopic (exact) mass is 1470 g/mol. The summed E-state index contributed by atoms with van der Waals surface area (Å²) in [6.07, 6.45) is 59.4. The molecule has 0 aromatic rings. The molecule has 33 atom stereocenters. The molecule has 8 nitrogen and oxygen atoms in total. The number of hydrogen-bond acceptors (Lipinski definition) is 8. The predicted octanol–water partition coefficient (Wildman–Crippen LogP) is 22.3. The first-order valence-electron chi connectivity index (χ1n) is 46.5. The van der Waals surface area contributed by atoms with Crippen LogP contribution in [0.25, 0.3) is 0 Å². The van der Waals surface area contributed by atoms with Crippen LogP contribution in [0.15, 0.2) is 46.6 Å². The normalized spacial score (nSPS) is 46.4. The maximum absolute atomic E-state index is 11.4. The van der Waals surface area contributed by atoms with Crippen molar-refractivity contribution in [2.45, 2.75) is 408 Å². The molecule has 0 bridgehead atoms. The van der Waals surface area contributed by atoms with E-state index in [9.17, 15) is 40.9 Å². The van der Waals surface area contributed by atoms with Gasteiger partial charge in [-0.2, -0.15) is 0 Å². The van der Waals surface area contributed by atoms with E-state index in [1.807, 2.05) is 41.5 Å². The summed E-state index contributed by atoms with van der Waals surface area (Å²) in [5.74, 6) is 19.0. The van der Waals surface area contributed by atoms with E-state index in [4.69, 9.17) is 0 Å². The maximum Gasteiger partial charge on any atom is 0.0654 e.